The normalized spacial score (nSPS) is 10.3. The van der Waals surface area contributed by atoms with Crippen LogP contribution in [0.25, 0.3) is 0 Å². The van der Waals surface area contributed by atoms with Gasteiger partial charge in [0.25, 0.3) is 0 Å². The Morgan fingerprint density at radius 2 is 2.20 bits per heavy atom. The van der Waals surface area contributed by atoms with Crippen molar-refractivity contribution in [3.05, 3.63) is 29.8 Å². The van der Waals surface area contributed by atoms with E-state index in [4.69, 9.17) is 9.84 Å². The van der Waals surface area contributed by atoms with Crippen LogP contribution >= 0.6 is 0 Å². The third-order valence-electron chi connectivity index (χ3n) is 2.04. The summed E-state index contributed by atoms with van der Waals surface area (Å²) in [6.45, 7) is 4.49. The quantitative estimate of drug-likeness (QED) is 0.666. The van der Waals surface area contributed by atoms with Gasteiger partial charge in [-0.2, -0.15) is 0 Å². The molecular formula is C12H19NO2. The van der Waals surface area contributed by atoms with E-state index in [1.807, 2.05) is 18.2 Å². The monoisotopic (exact) mass is 209 g/mol. The molecule has 0 atom stereocenters. The average Bonchev–Trinajstić information content (AvgIpc) is 2.23. The van der Waals surface area contributed by atoms with E-state index in [0.29, 0.717) is 13.2 Å². The van der Waals surface area contributed by atoms with Crippen LogP contribution in [0.4, 0.5) is 0 Å². The largest absolute Gasteiger partial charge is 0.494 e. The van der Waals surface area contributed by atoms with Crippen LogP contribution < -0.4 is 10.1 Å². The number of nitrogens with one attached hydrogen (secondary N) is 1. The van der Waals surface area contributed by atoms with Crippen LogP contribution in [0.5, 0.6) is 5.75 Å². The second-order valence-electron chi connectivity index (χ2n) is 3.49. The van der Waals surface area contributed by atoms with E-state index in [1.54, 1.807) is 0 Å². The summed E-state index contributed by atoms with van der Waals surface area (Å²) in [7, 11) is 0. The van der Waals surface area contributed by atoms with Gasteiger partial charge in [0.05, 0.1) is 13.2 Å². The highest BCUT2D eigenvalue weighted by atomic mass is 16.5. The van der Waals surface area contributed by atoms with Crippen molar-refractivity contribution in [2.24, 2.45) is 0 Å². The van der Waals surface area contributed by atoms with Gasteiger partial charge in [0.2, 0.25) is 0 Å². The van der Waals surface area contributed by atoms with Crippen molar-refractivity contribution < 1.29 is 9.84 Å². The fourth-order valence-corrected chi connectivity index (χ4v) is 1.30. The summed E-state index contributed by atoms with van der Waals surface area (Å²) in [5.74, 6) is 0.928. The lowest BCUT2D eigenvalue weighted by molar-refractivity contribution is 0.282. The lowest BCUT2D eigenvalue weighted by Crippen LogP contribution is -2.20. The molecule has 0 aromatic heterocycles. The van der Waals surface area contributed by atoms with E-state index >= 15 is 0 Å². The first kappa shape index (κ1) is 12.0. The first-order valence-electron chi connectivity index (χ1n) is 5.34. The molecule has 0 saturated heterocycles. The van der Waals surface area contributed by atoms with Crippen molar-refractivity contribution >= 4 is 0 Å². The Bertz CT molecular complexity index is 276. The smallest absolute Gasteiger partial charge is 0.119 e. The SMILES string of the molecule is Cc1cccc(OCCCNCCO)c1. The Morgan fingerprint density at radius 1 is 1.33 bits per heavy atom. The molecule has 0 radical (unpaired) electrons. The second-order valence-corrected chi connectivity index (χ2v) is 3.49. The highest BCUT2D eigenvalue weighted by Crippen LogP contribution is 2.12. The Kier molecular flexibility index (Phi) is 5.81. The van der Waals surface area contributed by atoms with Crippen molar-refractivity contribution in [3.63, 3.8) is 0 Å². The van der Waals surface area contributed by atoms with E-state index < -0.39 is 0 Å². The highest BCUT2D eigenvalue weighted by Gasteiger charge is 1.93. The molecule has 0 amide bonds. The van der Waals surface area contributed by atoms with Crippen molar-refractivity contribution in [2.45, 2.75) is 13.3 Å². The maximum Gasteiger partial charge on any atom is 0.119 e. The van der Waals surface area contributed by atoms with Crippen LogP contribution in [0, 0.1) is 6.92 Å². The standard InChI is InChI=1S/C12H19NO2/c1-11-4-2-5-12(10-11)15-9-3-6-13-7-8-14/h2,4-5,10,13-14H,3,6-9H2,1H3. The third-order valence-corrected chi connectivity index (χ3v) is 2.04. The molecule has 3 nitrogen and oxygen atoms in total. The minimum Gasteiger partial charge on any atom is -0.494 e. The molecule has 0 aliphatic rings. The summed E-state index contributed by atoms with van der Waals surface area (Å²) in [6.07, 6.45) is 0.952. The van der Waals surface area contributed by atoms with E-state index in [-0.39, 0.29) is 6.61 Å². The van der Waals surface area contributed by atoms with Gasteiger partial charge in [0.15, 0.2) is 0 Å². The van der Waals surface area contributed by atoms with Crippen LogP contribution in [0.1, 0.15) is 12.0 Å². The first-order chi connectivity index (χ1) is 7.33. The summed E-state index contributed by atoms with van der Waals surface area (Å²) in [5, 5.41) is 11.6. The second kappa shape index (κ2) is 7.26. The molecule has 3 heteroatoms. The highest BCUT2D eigenvalue weighted by molar-refractivity contribution is 5.27. The van der Waals surface area contributed by atoms with Crippen molar-refractivity contribution in [1.29, 1.82) is 0 Å². The van der Waals surface area contributed by atoms with Gasteiger partial charge in [0.1, 0.15) is 5.75 Å². The predicted octanol–water partition coefficient (Wildman–Crippen LogP) is 1.35. The van der Waals surface area contributed by atoms with Crippen molar-refractivity contribution in [2.75, 3.05) is 26.3 Å². The van der Waals surface area contributed by atoms with Gasteiger partial charge in [-0.3, -0.25) is 0 Å². The molecule has 0 spiro atoms. The molecule has 0 saturated carbocycles. The molecule has 0 unspecified atom stereocenters. The number of ether oxygens (including phenoxy) is 1. The fraction of sp³-hybridized carbons (Fsp3) is 0.500. The van der Waals surface area contributed by atoms with E-state index in [1.165, 1.54) is 5.56 Å². The van der Waals surface area contributed by atoms with Crippen LogP contribution in [0.2, 0.25) is 0 Å². The number of hydrogen-bond acceptors (Lipinski definition) is 3. The molecule has 15 heavy (non-hydrogen) atoms. The first-order valence-corrected chi connectivity index (χ1v) is 5.34. The minimum absolute atomic E-state index is 0.193. The zero-order valence-electron chi connectivity index (χ0n) is 9.20. The summed E-state index contributed by atoms with van der Waals surface area (Å²) in [5.41, 5.74) is 1.21. The molecule has 1 aromatic carbocycles. The summed E-state index contributed by atoms with van der Waals surface area (Å²) >= 11 is 0. The summed E-state index contributed by atoms with van der Waals surface area (Å²) in [4.78, 5) is 0. The molecular weight excluding hydrogens is 190 g/mol. The lowest BCUT2D eigenvalue weighted by atomic mass is 10.2. The third kappa shape index (κ3) is 5.40. The minimum atomic E-state index is 0.193. The van der Waals surface area contributed by atoms with Gasteiger partial charge in [-0.05, 0) is 37.6 Å². The average molecular weight is 209 g/mol. The van der Waals surface area contributed by atoms with Crippen molar-refractivity contribution in [3.8, 4) is 5.75 Å². The lowest BCUT2D eigenvalue weighted by Gasteiger charge is -2.07. The molecule has 1 aromatic rings. The predicted molar refractivity (Wildman–Crippen MR) is 61.2 cm³/mol. The van der Waals surface area contributed by atoms with Crippen LogP contribution in [-0.2, 0) is 0 Å². The fourth-order valence-electron chi connectivity index (χ4n) is 1.30. The number of aliphatic hydroxyl groups is 1. The molecule has 0 aliphatic heterocycles. The van der Waals surface area contributed by atoms with Crippen LogP contribution in [0.3, 0.4) is 0 Å². The molecule has 1 rings (SSSR count). The van der Waals surface area contributed by atoms with E-state index in [9.17, 15) is 0 Å². The van der Waals surface area contributed by atoms with E-state index in [2.05, 4.69) is 18.3 Å². The Morgan fingerprint density at radius 3 is 2.93 bits per heavy atom. The summed E-state index contributed by atoms with van der Waals surface area (Å²) in [6, 6.07) is 8.04. The van der Waals surface area contributed by atoms with Gasteiger partial charge in [-0.25, -0.2) is 0 Å². The molecule has 0 aliphatic carbocycles. The number of hydrogen-bond donors (Lipinski definition) is 2. The molecule has 2 N–H and O–H groups in total. The molecule has 84 valence electrons. The molecule has 0 fully saturated rings. The topological polar surface area (TPSA) is 41.5 Å². The van der Waals surface area contributed by atoms with Gasteiger partial charge in [0, 0.05) is 6.54 Å². The zero-order chi connectivity index (χ0) is 10.9. The van der Waals surface area contributed by atoms with Crippen LogP contribution in [-0.4, -0.2) is 31.4 Å². The van der Waals surface area contributed by atoms with Gasteiger partial charge < -0.3 is 15.2 Å². The molecule has 0 heterocycles. The maximum atomic E-state index is 8.54. The maximum absolute atomic E-state index is 8.54. The zero-order valence-corrected chi connectivity index (χ0v) is 9.20. The van der Waals surface area contributed by atoms with Crippen LogP contribution in [0.15, 0.2) is 24.3 Å². The number of rotatable bonds is 7. The van der Waals surface area contributed by atoms with Gasteiger partial charge >= 0.3 is 0 Å². The van der Waals surface area contributed by atoms with E-state index in [0.717, 1.165) is 18.7 Å². The Balaban J connectivity index is 2.10. The number of aryl methyl sites for hydroxylation is 1. The van der Waals surface area contributed by atoms with Crippen molar-refractivity contribution in [1.82, 2.24) is 5.32 Å². The Hall–Kier alpha value is -1.06. The summed E-state index contributed by atoms with van der Waals surface area (Å²) < 4.78 is 5.56. The number of aliphatic hydroxyl groups excluding tert-OH is 1. The van der Waals surface area contributed by atoms with Gasteiger partial charge in [-0.15, -0.1) is 0 Å². The Labute approximate surface area is 91.1 Å². The molecule has 0 bridgehead atoms. The van der Waals surface area contributed by atoms with Gasteiger partial charge in [-0.1, -0.05) is 12.1 Å². The number of benzene rings is 1.